The van der Waals surface area contributed by atoms with Crippen molar-refractivity contribution in [3.05, 3.63) is 29.1 Å². The SMILES string of the molecule is O=C1CN(SI)Cc2cc(OS(=O)(=O)C(F)(F)F)c(F)cc21. The highest BCUT2D eigenvalue weighted by Crippen LogP contribution is 2.34. The Morgan fingerprint density at radius 3 is 2.45 bits per heavy atom. The summed E-state index contributed by atoms with van der Waals surface area (Å²) in [7, 11) is -4.79. The van der Waals surface area contributed by atoms with E-state index in [0.717, 1.165) is 6.07 Å². The van der Waals surface area contributed by atoms with Gasteiger partial charge in [0.25, 0.3) is 0 Å². The van der Waals surface area contributed by atoms with Gasteiger partial charge in [0.15, 0.2) is 17.3 Å². The molecule has 0 amide bonds. The Labute approximate surface area is 138 Å². The third-order valence-corrected chi connectivity index (χ3v) is 5.80. The Morgan fingerprint density at radius 1 is 1.27 bits per heavy atom. The lowest BCUT2D eigenvalue weighted by Crippen LogP contribution is -2.31. The van der Waals surface area contributed by atoms with Crippen molar-refractivity contribution >= 4 is 46.2 Å². The molecule has 0 atom stereocenters. The second-order valence-corrected chi connectivity index (χ2v) is 7.59. The van der Waals surface area contributed by atoms with Crippen molar-refractivity contribution in [2.45, 2.75) is 12.1 Å². The zero-order valence-electron chi connectivity index (χ0n) is 10.4. The first-order valence-corrected chi connectivity index (χ1v) is 10.2. The monoisotopic (exact) mass is 471 g/mol. The highest BCUT2D eigenvalue weighted by molar-refractivity contribution is 14.2. The van der Waals surface area contributed by atoms with Gasteiger partial charge in [0.05, 0.1) is 6.54 Å². The maximum Gasteiger partial charge on any atom is 0.534 e. The van der Waals surface area contributed by atoms with E-state index in [2.05, 4.69) is 4.18 Å². The molecule has 0 saturated heterocycles. The maximum absolute atomic E-state index is 13.7. The van der Waals surface area contributed by atoms with Gasteiger partial charge >= 0.3 is 15.6 Å². The predicted molar refractivity (Wildman–Crippen MR) is 78.4 cm³/mol. The van der Waals surface area contributed by atoms with Crippen LogP contribution in [0.1, 0.15) is 15.9 Å². The first-order valence-electron chi connectivity index (χ1n) is 5.45. The van der Waals surface area contributed by atoms with Crippen LogP contribution in [-0.4, -0.2) is 30.6 Å². The van der Waals surface area contributed by atoms with Crippen LogP contribution >= 0.6 is 30.3 Å². The molecule has 1 aliphatic rings. The molecule has 12 heteroatoms. The maximum atomic E-state index is 13.7. The Hall–Kier alpha value is -0.600. The van der Waals surface area contributed by atoms with Gasteiger partial charge in [-0.2, -0.15) is 21.6 Å². The highest BCUT2D eigenvalue weighted by atomic mass is 127. The number of Topliss-reactive ketones (excluding diaryl/α,β-unsaturated/α-hetero) is 1. The van der Waals surface area contributed by atoms with Gasteiger partial charge in [-0.1, -0.05) is 0 Å². The molecule has 0 aliphatic carbocycles. The van der Waals surface area contributed by atoms with E-state index >= 15 is 0 Å². The summed E-state index contributed by atoms with van der Waals surface area (Å²) in [6, 6.07) is 1.49. The second-order valence-electron chi connectivity index (χ2n) is 4.21. The van der Waals surface area contributed by atoms with E-state index in [1.807, 2.05) is 21.2 Å². The summed E-state index contributed by atoms with van der Waals surface area (Å²) < 4.78 is 77.8. The number of halogens is 5. The average molecular weight is 471 g/mol. The van der Waals surface area contributed by atoms with Crippen molar-refractivity contribution in [2.24, 2.45) is 0 Å². The molecule has 0 bridgehead atoms. The van der Waals surface area contributed by atoms with Gasteiger partial charge in [0.2, 0.25) is 0 Å². The zero-order valence-corrected chi connectivity index (χ0v) is 14.1. The summed E-state index contributed by atoms with van der Waals surface area (Å²) in [5.74, 6) is -2.87. The van der Waals surface area contributed by atoms with Crippen molar-refractivity contribution in [2.75, 3.05) is 6.54 Å². The van der Waals surface area contributed by atoms with Gasteiger partial charge < -0.3 is 4.18 Å². The summed E-state index contributed by atoms with van der Waals surface area (Å²) in [6.07, 6.45) is 0. The predicted octanol–water partition coefficient (Wildman–Crippen LogP) is 3.05. The zero-order chi connectivity index (χ0) is 16.7. The van der Waals surface area contributed by atoms with E-state index in [1.54, 1.807) is 4.31 Å². The molecule has 0 aromatic heterocycles. The lowest BCUT2D eigenvalue weighted by atomic mass is 9.99. The van der Waals surface area contributed by atoms with Crippen molar-refractivity contribution < 1.29 is 35.0 Å². The van der Waals surface area contributed by atoms with Crippen molar-refractivity contribution in [1.82, 2.24) is 4.31 Å². The molecule has 1 aromatic rings. The topological polar surface area (TPSA) is 63.7 Å². The number of carbonyl (C=O) groups excluding carboxylic acids is 1. The molecule has 1 aromatic carbocycles. The molecule has 5 nitrogen and oxygen atoms in total. The number of nitrogens with zero attached hydrogens (tertiary/aromatic N) is 1. The lowest BCUT2D eigenvalue weighted by Gasteiger charge is -2.25. The molecule has 0 spiro atoms. The van der Waals surface area contributed by atoms with E-state index in [-0.39, 0.29) is 24.2 Å². The summed E-state index contributed by atoms with van der Waals surface area (Å²) >= 11 is 1.90. The normalized spacial score (nSPS) is 16.5. The fourth-order valence-corrected chi connectivity index (χ4v) is 3.40. The molecule has 0 N–H and O–H groups in total. The molecule has 1 heterocycles. The average Bonchev–Trinajstić information content (AvgIpc) is 2.38. The largest absolute Gasteiger partial charge is 0.534 e. The molecular formula is C10H6F4INO4S2. The summed E-state index contributed by atoms with van der Waals surface area (Å²) in [5.41, 5.74) is -5.49. The number of hydrogen-bond acceptors (Lipinski definition) is 6. The van der Waals surface area contributed by atoms with Crippen molar-refractivity contribution in [3.63, 3.8) is 0 Å². The van der Waals surface area contributed by atoms with Gasteiger partial charge in [-0.15, -0.1) is 0 Å². The third kappa shape index (κ3) is 3.49. The van der Waals surface area contributed by atoms with Crippen LogP contribution in [0, 0.1) is 5.82 Å². The number of carbonyl (C=O) groups is 1. The Kier molecular flexibility index (Phi) is 4.94. The Morgan fingerprint density at radius 2 is 1.91 bits per heavy atom. The van der Waals surface area contributed by atoms with Crippen LogP contribution < -0.4 is 4.18 Å². The molecule has 2 rings (SSSR count). The summed E-state index contributed by atoms with van der Waals surface area (Å²) in [4.78, 5) is 11.8. The Bertz CT molecular complexity index is 722. The standard InChI is InChI=1S/C10H6F4INO4S2/c11-7-2-6-5(3-16(21-15)4-8(6)17)1-9(7)20-22(18,19)10(12,13)14/h1-2H,3-4H2. The number of benzene rings is 1. The van der Waals surface area contributed by atoms with Crippen LogP contribution in [0.25, 0.3) is 0 Å². The van der Waals surface area contributed by atoms with Crippen LogP contribution in [0.2, 0.25) is 0 Å². The number of rotatable bonds is 3. The second kappa shape index (κ2) is 6.13. The minimum Gasteiger partial charge on any atom is -0.373 e. The number of ketones is 1. The van der Waals surface area contributed by atoms with Gasteiger partial charge in [0, 0.05) is 33.3 Å². The number of hydrogen-bond donors (Lipinski definition) is 0. The van der Waals surface area contributed by atoms with Crippen molar-refractivity contribution in [1.29, 1.82) is 0 Å². The van der Waals surface area contributed by atoms with Crippen LogP contribution in [0.5, 0.6) is 5.75 Å². The molecule has 0 saturated carbocycles. The smallest absolute Gasteiger partial charge is 0.373 e. The van der Waals surface area contributed by atoms with Crippen LogP contribution in [0.15, 0.2) is 12.1 Å². The minimum atomic E-state index is -5.98. The third-order valence-electron chi connectivity index (χ3n) is 2.71. The molecule has 1 aliphatic heterocycles. The Balaban J connectivity index is 2.42. The van der Waals surface area contributed by atoms with Crippen molar-refractivity contribution in [3.8, 4) is 5.75 Å². The minimum absolute atomic E-state index is 0.00374. The van der Waals surface area contributed by atoms with E-state index < -0.39 is 33.0 Å². The van der Waals surface area contributed by atoms with E-state index in [9.17, 15) is 30.8 Å². The summed E-state index contributed by atoms with van der Waals surface area (Å²) in [6.45, 7) is 0.151. The van der Waals surface area contributed by atoms with Gasteiger partial charge in [-0.05, 0) is 26.8 Å². The molecule has 0 unspecified atom stereocenters. The first-order chi connectivity index (χ1) is 10.0. The number of fused-ring (bicyclic) bond motifs is 1. The highest BCUT2D eigenvalue weighted by Gasteiger charge is 2.49. The van der Waals surface area contributed by atoms with Gasteiger partial charge in [0.1, 0.15) is 0 Å². The van der Waals surface area contributed by atoms with Crippen LogP contribution in [-0.2, 0) is 16.7 Å². The molecule has 0 fully saturated rings. The molecular weight excluding hydrogens is 465 g/mol. The summed E-state index contributed by atoms with van der Waals surface area (Å²) in [5, 5.41) is 0. The molecule has 22 heavy (non-hydrogen) atoms. The quantitative estimate of drug-likeness (QED) is 0.222. The fraction of sp³-hybridized carbons (Fsp3) is 0.300. The lowest BCUT2D eigenvalue weighted by molar-refractivity contribution is -0.0501. The fourth-order valence-electron chi connectivity index (χ4n) is 1.76. The van der Waals surface area contributed by atoms with Crippen LogP contribution in [0.3, 0.4) is 0 Å². The first kappa shape index (κ1) is 17.7. The van der Waals surface area contributed by atoms with E-state index in [4.69, 9.17) is 0 Å². The van der Waals surface area contributed by atoms with E-state index in [0.29, 0.717) is 6.07 Å². The van der Waals surface area contributed by atoms with Crippen LogP contribution in [0.4, 0.5) is 17.6 Å². The number of alkyl halides is 3. The molecule has 0 radical (unpaired) electrons. The van der Waals surface area contributed by atoms with Gasteiger partial charge in [-0.3, -0.25) is 4.79 Å². The van der Waals surface area contributed by atoms with E-state index in [1.165, 1.54) is 9.12 Å². The van der Waals surface area contributed by atoms with Gasteiger partial charge in [-0.25, -0.2) is 8.70 Å². The molecule has 122 valence electrons.